The van der Waals surface area contributed by atoms with Crippen LogP contribution in [-0.4, -0.2) is 30.1 Å². The summed E-state index contributed by atoms with van der Waals surface area (Å²) in [4.78, 5) is 7.07. The molecule has 0 aliphatic heterocycles. The van der Waals surface area contributed by atoms with E-state index in [-0.39, 0.29) is 0 Å². The molecular weight excluding hydrogens is 328 g/mol. The van der Waals surface area contributed by atoms with Gasteiger partial charge in [0, 0.05) is 24.9 Å². The number of para-hydroxylation sites is 1. The summed E-state index contributed by atoms with van der Waals surface area (Å²) in [5.41, 5.74) is 2.47. The van der Waals surface area contributed by atoms with Gasteiger partial charge in [0.05, 0.1) is 17.3 Å². The number of benzene rings is 2. The lowest BCUT2D eigenvalue weighted by atomic mass is 10.2. The highest BCUT2D eigenvalue weighted by atomic mass is 32.1. The van der Waals surface area contributed by atoms with Crippen molar-refractivity contribution < 1.29 is 4.74 Å². The molecule has 130 valence electrons. The lowest BCUT2D eigenvalue weighted by Gasteiger charge is -2.15. The molecule has 1 heterocycles. The molecule has 0 fully saturated rings. The van der Waals surface area contributed by atoms with Gasteiger partial charge < -0.3 is 9.64 Å². The van der Waals surface area contributed by atoms with Crippen LogP contribution in [0.1, 0.15) is 22.7 Å². The van der Waals surface area contributed by atoms with Gasteiger partial charge in [-0.25, -0.2) is 4.98 Å². The molecule has 0 aliphatic carbocycles. The Morgan fingerprint density at radius 2 is 1.72 bits per heavy atom. The molecule has 2 aromatic carbocycles. The first-order valence-corrected chi connectivity index (χ1v) is 9.51. The fraction of sp³-hybridized carbons (Fsp3) is 0.286. The second-order valence-corrected chi connectivity index (χ2v) is 7.09. The van der Waals surface area contributed by atoms with Crippen LogP contribution >= 0.6 is 11.3 Å². The van der Waals surface area contributed by atoms with Crippen molar-refractivity contribution in [2.75, 3.05) is 20.2 Å². The topological polar surface area (TPSA) is 25.4 Å². The molecule has 0 N–H and O–H groups in total. The Labute approximate surface area is 153 Å². The standard InChI is InChI=1S/C21H24N2OS/c1-23(13-8-14-24-20-11-6-3-7-12-20)16-19-17-25-21(22-19)15-18-9-4-2-5-10-18/h2-7,9-12,17H,8,13-16H2,1H3. The highest BCUT2D eigenvalue weighted by Gasteiger charge is 2.06. The number of thiazole rings is 1. The van der Waals surface area contributed by atoms with Gasteiger partial charge in [0.2, 0.25) is 0 Å². The maximum atomic E-state index is 5.74. The van der Waals surface area contributed by atoms with Crippen LogP contribution in [0.3, 0.4) is 0 Å². The van der Waals surface area contributed by atoms with Crippen LogP contribution in [0.2, 0.25) is 0 Å². The summed E-state index contributed by atoms with van der Waals surface area (Å²) in [5, 5.41) is 3.36. The molecule has 0 bridgehead atoms. The number of aromatic nitrogens is 1. The minimum atomic E-state index is 0.741. The molecule has 1 aromatic heterocycles. The van der Waals surface area contributed by atoms with E-state index < -0.39 is 0 Å². The van der Waals surface area contributed by atoms with Crippen LogP contribution in [0.25, 0.3) is 0 Å². The van der Waals surface area contributed by atoms with E-state index >= 15 is 0 Å². The Bertz CT molecular complexity index is 743. The van der Waals surface area contributed by atoms with Crippen molar-refractivity contribution in [3.05, 3.63) is 82.3 Å². The molecule has 3 aromatic rings. The number of rotatable bonds is 9. The van der Waals surface area contributed by atoms with E-state index in [1.54, 1.807) is 11.3 Å². The largest absolute Gasteiger partial charge is 0.494 e. The summed E-state index contributed by atoms with van der Waals surface area (Å²) in [6, 6.07) is 20.5. The van der Waals surface area contributed by atoms with Crippen molar-refractivity contribution in [2.24, 2.45) is 0 Å². The first-order chi connectivity index (χ1) is 12.3. The normalized spacial score (nSPS) is 11.0. The van der Waals surface area contributed by atoms with Crippen LogP contribution in [0.15, 0.2) is 66.0 Å². The number of hydrogen-bond donors (Lipinski definition) is 0. The van der Waals surface area contributed by atoms with E-state index in [2.05, 4.69) is 41.6 Å². The fourth-order valence-corrected chi connectivity index (χ4v) is 3.49. The van der Waals surface area contributed by atoms with Gasteiger partial charge in [-0.15, -0.1) is 11.3 Å². The third kappa shape index (κ3) is 6.00. The Morgan fingerprint density at radius 3 is 2.48 bits per heavy atom. The maximum absolute atomic E-state index is 5.74. The lowest BCUT2D eigenvalue weighted by molar-refractivity contribution is 0.257. The van der Waals surface area contributed by atoms with E-state index in [1.807, 2.05) is 36.4 Å². The zero-order valence-corrected chi connectivity index (χ0v) is 15.4. The Hall–Kier alpha value is -2.17. The van der Waals surface area contributed by atoms with Gasteiger partial charge in [0.1, 0.15) is 5.75 Å². The van der Waals surface area contributed by atoms with Crippen LogP contribution in [-0.2, 0) is 13.0 Å². The second kappa shape index (κ2) is 9.35. The van der Waals surface area contributed by atoms with Gasteiger partial charge in [-0.2, -0.15) is 0 Å². The molecule has 0 unspecified atom stereocenters. The molecule has 0 spiro atoms. The zero-order chi connectivity index (χ0) is 17.3. The Balaban J connectivity index is 1.38. The first-order valence-electron chi connectivity index (χ1n) is 8.63. The average molecular weight is 353 g/mol. The second-order valence-electron chi connectivity index (χ2n) is 6.15. The van der Waals surface area contributed by atoms with Crippen molar-refractivity contribution >= 4 is 11.3 Å². The van der Waals surface area contributed by atoms with Gasteiger partial charge in [0.15, 0.2) is 0 Å². The van der Waals surface area contributed by atoms with Crippen molar-refractivity contribution in [1.29, 1.82) is 0 Å². The average Bonchev–Trinajstić information content (AvgIpc) is 3.07. The van der Waals surface area contributed by atoms with E-state index in [0.29, 0.717) is 0 Å². The van der Waals surface area contributed by atoms with Crippen molar-refractivity contribution in [3.63, 3.8) is 0 Å². The van der Waals surface area contributed by atoms with Crippen LogP contribution in [0.4, 0.5) is 0 Å². The van der Waals surface area contributed by atoms with Gasteiger partial charge in [-0.05, 0) is 31.2 Å². The Kier molecular flexibility index (Phi) is 6.60. The summed E-state index contributed by atoms with van der Waals surface area (Å²) in [7, 11) is 2.14. The van der Waals surface area contributed by atoms with Gasteiger partial charge in [-0.3, -0.25) is 0 Å². The third-order valence-corrected chi connectivity index (χ3v) is 4.82. The van der Waals surface area contributed by atoms with E-state index in [1.165, 1.54) is 10.6 Å². The smallest absolute Gasteiger partial charge is 0.119 e. The fourth-order valence-electron chi connectivity index (χ4n) is 2.67. The van der Waals surface area contributed by atoms with Crippen LogP contribution in [0.5, 0.6) is 5.75 Å². The molecule has 3 nitrogen and oxygen atoms in total. The quantitative estimate of drug-likeness (QED) is 0.525. The number of ether oxygens (including phenoxy) is 1. The van der Waals surface area contributed by atoms with Gasteiger partial charge in [-0.1, -0.05) is 48.5 Å². The molecule has 4 heteroatoms. The molecular formula is C21H24N2OS. The van der Waals surface area contributed by atoms with Gasteiger partial charge >= 0.3 is 0 Å². The van der Waals surface area contributed by atoms with E-state index in [9.17, 15) is 0 Å². The molecule has 0 amide bonds. The third-order valence-electron chi connectivity index (χ3n) is 3.93. The van der Waals surface area contributed by atoms with E-state index in [0.717, 1.165) is 44.0 Å². The molecule has 0 saturated heterocycles. The summed E-state index contributed by atoms with van der Waals surface area (Å²) in [6.07, 6.45) is 1.92. The maximum Gasteiger partial charge on any atom is 0.119 e. The van der Waals surface area contributed by atoms with E-state index in [4.69, 9.17) is 9.72 Å². The van der Waals surface area contributed by atoms with Crippen LogP contribution < -0.4 is 4.74 Å². The number of hydrogen-bond acceptors (Lipinski definition) is 4. The van der Waals surface area contributed by atoms with Crippen molar-refractivity contribution in [3.8, 4) is 5.75 Å². The zero-order valence-electron chi connectivity index (χ0n) is 14.6. The van der Waals surface area contributed by atoms with Gasteiger partial charge in [0.25, 0.3) is 0 Å². The summed E-state index contributed by atoms with van der Waals surface area (Å²) in [5.74, 6) is 0.940. The van der Waals surface area contributed by atoms with Crippen molar-refractivity contribution in [1.82, 2.24) is 9.88 Å². The molecule has 0 aliphatic rings. The molecule has 0 atom stereocenters. The molecule has 25 heavy (non-hydrogen) atoms. The SMILES string of the molecule is CN(CCCOc1ccccc1)Cc1csc(Cc2ccccc2)n1. The lowest BCUT2D eigenvalue weighted by Crippen LogP contribution is -2.21. The summed E-state index contributed by atoms with van der Waals surface area (Å²) >= 11 is 1.75. The number of nitrogens with zero attached hydrogens (tertiary/aromatic N) is 2. The summed E-state index contributed by atoms with van der Waals surface area (Å²) < 4.78 is 5.74. The molecule has 3 rings (SSSR count). The highest BCUT2D eigenvalue weighted by molar-refractivity contribution is 7.09. The molecule has 0 saturated carbocycles. The monoisotopic (exact) mass is 352 g/mol. The summed E-state index contributed by atoms with van der Waals surface area (Å²) in [6.45, 7) is 2.62. The first kappa shape index (κ1) is 17.6. The highest BCUT2D eigenvalue weighted by Crippen LogP contribution is 2.16. The minimum absolute atomic E-state index is 0.741. The molecule has 0 radical (unpaired) electrons. The predicted octanol–water partition coefficient (Wildman–Crippen LogP) is 4.63. The minimum Gasteiger partial charge on any atom is -0.494 e. The Morgan fingerprint density at radius 1 is 1.00 bits per heavy atom. The van der Waals surface area contributed by atoms with Crippen molar-refractivity contribution in [2.45, 2.75) is 19.4 Å². The predicted molar refractivity (Wildman–Crippen MR) is 104 cm³/mol. The van der Waals surface area contributed by atoms with Crippen LogP contribution in [0, 0.1) is 0 Å².